The van der Waals surface area contributed by atoms with Gasteiger partial charge in [0.15, 0.2) is 5.13 Å². The number of thiazole rings is 1. The molecule has 3 aromatic carbocycles. The van der Waals surface area contributed by atoms with Crippen molar-refractivity contribution in [3.63, 3.8) is 0 Å². The Kier molecular flexibility index (Phi) is 5.97. The third-order valence-corrected chi connectivity index (χ3v) is 5.89. The molecule has 0 saturated heterocycles. The van der Waals surface area contributed by atoms with Gasteiger partial charge in [-0.3, -0.25) is 9.69 Å². The number of hydrogen-bond donors (Lipinski definition) is 0. The van der Waals surface area contributed by atoms with Crippen LogP contribution < -0.4 is 9.64 Å². The maximum absolute atomic E-state index is 14.3. The minimum Gasteiger partial charge on any atom is -0.494 e. The van der Waals surface area contributed by atoms with E-state index in [0.29, 0.717) is 23.2 Å². The van der Waals surface area contributed by atoms with Crippen molar-refractivity contribution in [2.45, 2.75) is 13.3 Å². The summed E-state index contributed by atoms with van der Waals surface area (Å²) in [6, 6.07) is 19.2. The predicted octanol–water partition coefficient (Wildman–Crippen LogP) is 6.39. The highest BCUT2D eigenvalue weighted by Crippen LogP contribution is 2.35. The summed E-state index contributed by atoms with van der Waals surface area (Å²) in [6.07, 6.45) is -0.186. The lowest BCUT2D eigenvalue weighted by atomic mass is 10.1. The van der Waals surface area contributed by atoms with Gasteiger partial charge in [0, 0.05) is 10.6 Å². The molecule has 0 saturated carbocycles. The molecule has 1 amide bonds. The van der Waals surface area contributed by atoms with E-state index in [9.17, 15) is 9.18 Å². The summed E-state index contributed by atoms with van der Waals surface area (Å²) in [4.78, 5) is 19.5. The van der Waals surface area contributed by atoms with E-state index in [1.54, 1.807) is 30.3 Å². The molecule has 4 nitrogen and oxygen atoms in total. The molecule has 0 radical (unpaired) electrons. The Bertz CT molecular complexity index is 1140. The third kappa shape index (κ3) is 4.15. The number of aromatic nitrogens is 1. The van der Waals surface area contributed by atoms with Gasteiger partial charge in [-0.2, -0.15) is 0 Å². The van der Waals surface area contributed by atoms with E-state index in [-0.39, 0.29) is 22.9 Å². The van der Waals surface area contributed by atoms with Crippen LogP contribution in [-0.4, -0.2) is 17.5 Å². The minimum absolute atomic E-state index is 0.168. The van der Waals surface area contributed by atoms with E-state index in [2.05, 4.69) is 4.98 Å². The minimum atomic E-state index is -0.508. The largest absolute Gasteiger partial charge is 0.494 e. The van der Waals surface area contributed by atoms with Gasteiger partial charge in [0.05, 0.1) is 28.9 Å². The Morgan fingerprint density at radius 2 is 1.87 bits per heavy atom. The molecule has 7 heteroatoms. The van der Waals surface area contributed by atoms with Crippen LogP contribution in [0.5, 0.6) is 5.75 Å². The van der Waals surface area contributed by atoms with E-state index in [1.165, 1.54) is 28.4 Å². The molecule has 0 unspecified atom stereocenters. The van der Waals surface area contributed by atoms with Crippen molar-refractivity contribution >= 4 is 49.9 Å². The highest BCUT2D eigenvalue weighted by Gasteiger charge is 2.24. The summed E-state index contributed by atoms with van der Waals surface area (Å²) in [7, 11) is 0. The number of fused-ring (bicyclic) bond motifs is 1. The molecule has 4 aromatic rings. The summed E-state index contributed by atoms with van der Waals surface area (Å²) >= 11 is 7.55. The fraction of sp³-hybridized carbons (Fsp3) is 0.130. The van der Waals surface area contributed by atoms with Crippen LogP contribution in [0.4, 0.5) is 15.2 Å². The van der Waals surface area contributed by atoms with E-state index < -0.39 is 5.82 Å². The van der Waals surface area contributed by atoms with Crippen molar-refractivity contribution in [3.8, 4) is 5.75 Å². The van der Waals surface area contributed by atoms with Crippen LogP contribution >= 0.6 is 22.9 Å². The summed E-state index contributed by atoms with van der Waals surface area (Å²) in [5.41, 5.74) is 1.58. The normalized spacial score (nSPS) is 10.9. The van der Waals surface area contributed by atoms with E-state index in [0.717, 1.165) is 10.2 Å². The van der Waals surface area contributed by atoms with Gasteiger partial charge in [0.25, 0.3) is 0 Å². The molecule has 0 aliphatic rings. The van der Waals surface area contributed by atoms with Crippen molar-refractivity contribution < 1.29 is 13.9 Å². The Hall–Kier alpha value is -2.96. The number of carbonyl (C=O) groups is 1. The lowest BCUT2D eigenvalue weighted by molar-refractivity contribution is -0.117. The van der Waals surface area contributed by atoms with Crippen LogP contribution in [-0.2, 0) is 11.2 Å². The molecule has 0 N–H and O–H groups in total. The highest BCUT2D eigenvalue weighted by molar-refractivity contribution is 7.22. The molecule has 0 bridgehead atoms. The van der Waals surface area contributed by atoms with E-state index >= 15 is 0 Å². The standard InChI is InChI=1S/C23H18ClFN2O2S/c1-2-29-16-12-10-15(11-13-16)27(23-26-20-8-3-4-9-21(20)30-23)22(28)14-17-18(24)6-5-7-19(17)25/h3-13H,2,14H2,1H3. The van der Waals surface area contributed by atoms with Gasteiger partial charge in [-0.05, 0) is 55.5 Å². The molecule has 0 spiro atoms. The van der Waals surface area contributed by atoms with E-state index in [1.807, 2.05) is 31.2 Å². The number of rotatable bonds is 6. The van der Waals surface area contributed by atoms with Crippen molar-refractivity contribution in [1.29, 1.82) is 0 Å². The average molecular weight is 441 g/mol. The molecule has 0 aliphatic carbocycles. The van der Waals surface area contributed by atoms with E-state index in [4.69, 9.17) is 16.3 Å². The van der Waals surface area contributed by atoms with Crippen molar-refractivity contribution in [2.24, 2.45) is 0 Å². The van der Waals surface area contributed by atoms with Crippen LogP contribution in [0.15, 0.2) is 66.7 Å². The molecule has 1 heterocycles. The quantitative estimate of drug-likeness (QED) is 0.348. The topological polar surface area (TPSA) is 42.4 Å². The summed E-state index contributed by atoms with van der Waals surface area (Å²) in [6.45, 7) is 2.45. The molecule has 152 valence electrons. The van der Waals surface area contributed by atoms with Gasteiger partial charge in [-0.25, -0.2) is 9.37 Å². The number of nitrogens with zero attached hydrogens (tertiary/aromatic N) is 2. The second kappa shape index (κ2) is 8.81. The summed E-state index contributed by atoms with van der Waals surface area (Å²) in [5, 5.41) is 0.733. The fourth-order valence-corrected chi connectivity index (χ4v) is 4.34. The maximum Gasteiger partial charge on any atom is 0.237 e. The van der Waals surface area contributed by atoms with Crippen LogP contribution in [0, 0.1) is 5.82 Å². The number of hydrogen-bond acceptors (Lipinski definition) is 4. The highest BCUT2D eigenvalue weighted by atomic mass is 35.5. The number of anilines is 2. The van der Waals surface area contributed by atoms with Crippen molar-refractivity contribution in [2.75, 3.05) is 11.5 Å². The van der Waals surface area contributed by atoms with Crippen LogP contribution in [0.1, 0.15) is 12.5 Å². The number of carbonyl (C=O) groups excluding carboxylic acids is 1. The van der Waals surface area contributed by atoms with Gasteiger partial charge in [-0.1, -0.05) is 41.1 Å². The third-order valence-electron chi connectivity index (χ3n) is 4.52. The first-order chi connectivity index (χ1) is 14.6. The van der Waals surface area contributed by atoms with Gasteiger partial charge in [0.2, 0.25) is 5.91 Å². The number of ether oxygens (including phenoxy) is 1. The smallest absolute Gasteiger partial charge is 0.237 e. The molecule has 0 atom stereocenters. The first-order valence-corrected chi connectivity index (χ1v) is 10.6. The van der Waals surface area contributed by atoms with Crippen molar-refractivity contribution in [3.05, 3.63) is 83.1 Å². The lowest BCUT2D eigenvalue weighted by Gasteiger charge is -2.21. The van der Waals surface area contributed by atoms with Gasteiger partial charge in [-0.15, -0.1) is 0 Å². The molecule has 1 aromatic heterocycles. The Morgan fingerprint density at radius 1 is 1.10 bits per heavy atom. The van der Waals surface area contributed by atoms with Crippen LogP contribution in [0.25, 0.3) is 10.2 Å². The second-order valence-corrected chi connectivity index (χ2v) is 7.91. The van der Waals surface area contributed by atoms with Gasteiger partial charge in [0.1, 0.15) is 11.6 Å². The Labute approximate surface area is 182 Å². The zero-order valence-corrected chi connectivity index (χ0v) is 17.7. The zero-order chi connectivity index (χ0) is 21.1. The van der Waals surface area contributed by atoms with Crippen LogP contribution in [0.2, 0.25) is 5.02 Å². The Balaban J connectivity index is 1.75. The van der Waals surface area contributed by atoms with Crippen LogP contribution in [0.3, 0.4) is 0 Å². The van der Waals surface area contributed by atoms with Gasteiger partial charge < -0.3 is 4.74 Å². The monoisotopic (exact) mass is 440 g/mol. The lowest BCUT2D eigenvalue weighted by Crippen LogP contribution is -2.28. The SMILES string of the molecule is CCOc1ccc(N(C(=O)Cc2c(F)cccc2Cl)c2nc3ccccc3s2)cc1. The van der Waals surface area contributed by atoms with Crippen molar-refractivity contribution in [1.82, 2.24) is 4.98 Å². The molecule has 0 fully saturated rings. The second-order valence-electron chi connectivity index (χ2n) is 6.50. The first kappa shape index (κ1) is 20.3. The number of benzene rings is 3. The maximum atomic E-state index is 14.3. The summed E-state index contributed by atoms with van der Waals surface area (Å²) < 4.78 is 20.8. The molecule has 4 rings (SSSR count). The molecule has 30 heavy (non-hydrogen) atoms. The number of amides is 1. The van der Waals surface area contributed by atoms with Gasteiger partial charge >= 0.3 is 0 Å². The number of para-hydroxylation sites is 1. The molecular formula is C23H18ClFN2O2S. The Morgan fingerprint density at radius 3 is 2.57 bits per heavy atom. The first-order valence-electron chi connectivity index (χ1n) is 9.41. The predicted molar refractivity (Wildman–Crippen MR) is 119 cm³/mol. The fourth-order valence-electron chi connectivity index (χ4n) is 3.11. The number of halogens is 2. The molecule has 0 aliphatic heterocycles. The average Bonchev–Trinajstić information content (AvgIpc) is 3.16. The summed E-state index contributed by atoms with van der Waals surface area (Å²) in [5.74, 6) is -0.132. The zero-order valence-electron chi connectivity index (χ0n) is 16.1. The molecular weight excluding hydrogens is 423 g/mol.